The number of carbonyl (C=O) groups excluding carboxylic acids is 2. The Bertz CT molecular complexity index is 500. The number of nitrogens with zero attached hydrogens (tertiary/aromatic N) is 1. The molecule has 0 atom stereocenters. The molecule has 1 rings (SSSR count). The van der Waals surface area contributed by atoms with Gasteiger partial charge in [-0.05, 0) is 47.7 Å². The normalized spacial score (nSPS) is 11.0. The van der Waals surface area contributed by atoms with Crippen LogP contribution in [0.3, 0.4) is 0 Å². The van der Waals surface area contributed by atoms with Crippen molar-refractivity contribution in [1.29, 1.82) is 0 Å². The molecular weight excluding hydrogens is 357 g/mol. The molecule has 0 saturated carbocycles. The lowest BCUT2D eigenvalue weighted by Crippen LogP contribution is -2.20. The Hall–Kier alpha value is -1.44. The molecule has 0 unspecified atom stereocenters. The van der Waals surface area contributed by atoms with Crippen LogP contribution < -0.4 is 10.7 Å². The van der Waals surface area contributed by atoms with E-state index in [-0.39, 0.29) is 18.2 Å². The van der Waals surface area contributed by atoms with Gasteiger partial charge in [0, 0.05) is 21.4 Å². The third-order valence-electron chi connectivity index (χ3n) is 2.22. The van der Waals surface area contributed by atoms with Gasteiger partial charge in [-0.25, -0.2) is 5.43 Å². The van der Waals surface area contributed by atoms with Crippen molar-refractivity contribution in [2.45, 2.75) is 26.7 Å². The monoisotopic (exact) mass is 373 g/mol. The van der Waals surface area contributed by atoms with Gasteiger partial charge >= 0.3 is 0 Å². The molecule has 0 saturated heterocycles. The molecule has 2 amide bonds. The van der Waals surface area contributed by atoms with E-state index in [2.05, 4.69) is 38.4 Å². The number of hydrogen-bond acceptors (Lipinski definition) is 3. The van der Waals surface area contributed by atoms with E-state index < -0.39 is 0 Å². The first-order valence-corrected chi connectivity index (χ1v) is 6.96. The first-order chi connectivity index (χ1) is 9.01. The van der Waals surface area contributed by atoms with Crippen LogP contribution in [0.5, 0.6) is 0 Å². The van der Waals surface area contributed by atoms with Crippen molar-refractivity contribution in [3.8, 4) is 0 Å². The largest absolute Gasteiger partial charge is 0.326 e. The number of amides is 2. The maximum Gasteiger partial charge on any atom is 0.239 e. The highest BCUT2D eigenvalue weighted by molar-refractivity contribution is 14.1. The molecule has 102 valence electrons. The van der Waals surface area contributed by atoms with Crippen LogP contribution >= 0.6 is 22.6 Å². The van der Waals surface area contributed by atoms with Crippen LogP contribution in [0, 0.1) is 3.57 Å². The molecule has 0 heterocycles. The van der Waals surface area contributed by atoms with Gasteiger partial charge in [0.15, 0.2) is 0 Å². The van der Waals surface area contributed by atoms with Gasteiger partial charge in [-0.3, -0.25) is 9.59 Å². The zero-order chi connectivity index (χ0) is 14.3. The third kappa shape index (κ3) is 6.32. The molecule has 1 aromatic carbocycles. The zero-order valence-corrected chi connectivity index (χ0v) is 13.0. The number of benzene rings is 1. The molecule has 0 aromatic heterocycles. The van der Waals surface area contributed by atoms with Gasteiger partial charge in [-0.15, -0.1) is 0 Å². The summed E-state index contributed by atoms with van der Waals surface area (Å²) in [6.45, 7) is 3.44. The molecule has 0 aliphatic rings. The molecule has 6 heteroatoms. The van der Waals surface area contributed by atoms with Crippen LogP contribution in [0.1, 0.15) is 26.7 Å². The number of hydrogen-bond donors (Lipinski definition) is 2. The Morgan fingerprint density at radius 2 is 2.05 bits per heavy atom. The Kier molecular flexibility index (Phi) is 6.48. The van der Waals surface area contributed by atoms with Gasteiger partial charge in [0.05, 0.1) is 6.42 Å². The molecule has 5 nitrogen and oxygen atoms in total. The van der Waals surface area contributed by atoms with Crippen molar-refractivity contribution < 1.29 is 9.59 Å². The summed E-state index contributed by atoms with van der Waals surface area (Å²) in [5.74, 6) is -0.327. The second kappa shape index (κ2) is 7.88. The van der Waals surface area contributed by atoms with Crippen LogP contribution in [0.4, 0.5) is 5.69 Å². The summed E-state index contributed by atoms with van der Waals surface area (Å²) in [4.78, 5) is 22.8. The highest BCUT2D eigenvalue weighted by Gasteiger charge is 2.05. The van der Waals surface area contributed by atoms with E-state index in [1.165, 1.54) is 0 Å². The Labute approximate surface area is 126 Å². The van der Waals surface area contributed by atoms with Gasteiger partial charge < -0.3 is 5.32 Å². The Morgan fingerprint density at radius 1 is 1.32 bits per heavy atom. The maximum atomic E-state index is 11.7. The van der Waals surface area contributed by atoms with Crippen LogP contribution in [-0.4, -0.2) is 17.5 Å². The highest BCUT2D eigenvalue weighted by atomic mass is 127. The average Bonchev–Trinajstić information content (AvgIpc) is 2.35. The van der Waals surface area contributed by atoms with Crippen molar-refractivity contribution in [2.24, 2.45) is 5.10 Å². The number of rotatable bonds is 5. The van der Waals surface area contributed by atoms with Gasteiger partial charge in [0.1, 0.15) is 0 Å². The number of nitrogens with one attached hydrogen (secondary N) is 2. The van der Waals surface area contributed by atoms with Crippen LogP contribution in [-0.2, 0) is 9.59 Å². The minimum absolute atomic E-state index is 0.148. The minimum Gasteiger partial charge on any atom is -0.326 e. The smallest absolute Gasteiger partial charge is 0.239 e. The number of anilines is 1. The van der Waals surface area contributed by atoms with Crippen molar-refractivity contribution in [3.05, 3.63) is 27.8 Å². The summed E-state index contributed by atoms with van der Waals surface area (Å²) >= 11 is 2.18. The summed E-state index contributed by atoms with van der Waals surface area (Å²) in [5, 5.41) is 6.63. The summed E-state index contributed by atoms with van der Waals surface area (Å²) in [6.07, 6.45) is 0.515. The molecule has 0 radical (unpaired) electrons. The molecule has 0 spiro atoms. The fourth-order valence-electron chi connectivity index (χ4n) is 1.28. The van der Waals surface area contributed by atoms with Crippen molar-refractivity contribution >= 4 is 45.8 Å². The highest BCUT2D eigenvalue weighted by Crippen LogP contribution is 2.12. The first kappa shape index (κ1) is 15.6. The van der Waals surface area contributed by atoms with E-state index in [4.69, 9.17) is 0 Å². The summed E-state index contributed by atoms with van der Waals surface area (Å²) in [7, 11) is 0. The van der Waals surface area contributed by atoms with Crippen molar-refractivity contribution in [2.75, 3.05) is 5.32 Å². The number of halogens is 1. The SMILES string of the molecule is CCC(=O)NN=C(C)CC(=O)Nc1cccc(I)c1. The van der Waals surface area contributed by atoms with E-state index in [1.807, 2.05) is 24.3 Å². The number of carbonyl (C=O) groups is 2. The van der Waals surface area contributed by atoms with Gasteiger partial charge in [0.2, 0.25) is 11.8 Å². The topological polar surface area (TPSA) is 70.6 Å². The predicted octanol–water partition coefficient (Wildman–Crippen LogP) is 2.52. The van der Waals surface area contributed by atoms with Gasteiger partial charge in [0.25, 0.3) is 0 Å². The molecule has 0 aliphatic carbocycles. The lowest BCUT2D eigenvalue weighted by molar-refractivity contribution is -0.121. The second-order valence-corrected chi connectivity index (χ2v) is 5.22. The summed E-state index contributed by atoms with van der Waals surface area (Å²) in [5.41, 5.74) is 3.69. The maximum absolute atomic E-state index is 11.7. The summed E-state index contributed by atoms with van der Waals surface area (Å²) < 4.78 is 1.05. The van der Waals surface area contributed by atoms with Gasteiger partial charge in [-0.1, -0.05) is 13.0 Å². The molecule has 0 fully saturated rings. The first-order valence-electron chi connectivity index (χ1n) is 5.88. The lowest BCUT2D eigenvalue weighted by atomic mass is 10.2. The Morgan fingerprint density at radius 3 is 2.68 bits per heavy atom. The average molecular weight is 373 g/mol. The van der Waals surface area contributed by atoms with E-state index in [0.29, 0.717) is 12.1 Å². The molecule has 2 N–H and O–H groups in total. The van der Waals surface area contributed by atoms with Crippen LogP contribution in [0.15, 0.2) is 29.4 Å². The lowest BCUT2D eigenvalue weighted by Gasteiger charge is -2.05. The zero-order valence-electron chi connectivity index (χ0n) is 10.9. The van der Waals surface area contributed by atoms with E-state index >= 15 is 0 Å². The van der Waals surface area contributed by atoms with Crippen LogP contribution in [0.25, 0.3) is 0 Å². The van der Waals surface area contributed by atoms with E-state index in [0.717, 1.165) is 9.26 Å². The number of hydrazone groups is 1. The quantitative estimate of drug-likeness (QED) is 0.473. The molecule has 1 aromatic rings. The Balaban J connectivity index is 2.49. The fraction of sp³-hybridized carbons (Fsp3) is 0.308. The second-order valence-electron chi connectivity index (χ2n) is 3.97. The van der Waals surface area contributed by atoms with Crippen molar-refractivity contribution in [1.82, 2.24) is 5.43 Å². The standard InChI is InChI=1S/C13H16IN3O2/c1-3-12(18)17-16-9(2)7-13(19)15-11-6-4-5-10(14)8-11/h4-6,8H,3,7H2,1-2H3,(H,15,19)(H,17,18). The van der Waals surface area contributed by atoms with E-state index in [9.17, 15) is 9.59 Å². The van der Waals surface area contributed by atoms with Crippen LogP contribution in [0.2, 0.25) is 0 Å². The fourth-order valence-corrected chi connectivity index (χ4v) is 1.82. The minimum atomic E-state index is -0.169. The van der Waals surface area contributed by atoms with E-state index in [1.54, 1.807) is 13.8 Å². The molecule has 0 aliphatic heterocycles. The predicted molar refractivity (Wildman–Crippen MR) is 83.9 cm³/mol. The third-order valence-corrected chi connectivity index (χ3v) is 2.89. The molecule has 0 bridgehead atoms. The van der Waals surface area contributed by atoms with Gasteiger partial charge in [-0.2, -0.15) is 5.10 Å². The summed E-state index contributed by atoms with van der Waals surface area (Å²) in [6, 6.07) is 7.53. The molecular formula is C13H16IN3O2. The van der Waals surface area contributed by atoms with Crippen molar-refractivity contribution in [3.63, 3.8) is 0 Å². The molecule has 19 heavy (non-hydrogen) atoms.